The molecule has 0 aliphatic heterocycles. The molecule has 3 aliphatic rings. The van der Waals surface area contributed by atoms with E-state index in [9.17, 15) is 0 Å². The van der Waals surface area contributed by atoms with E-state index in [2.05, 4.69) is 166 Å². The van der Waals surface area contributed by atoms with E-state index < -0.39 is 0 Å². The van der Waals surface area contributed by atoms with Crippen molar-refractivity contribution < 1.29 is 0 Å². The highest BCUT2D eigenvalue weighted by atomic mass is 79.9. The van der Waals surface area contributed by atoms with Crippen LogP contribution in [0, 0.1) is 0 Å². The maximum absolute atomic E-state index is 4.05. The summed E-state index contributed by atoms with van der Waals surface area (Å²) in [5, 5.41) is 5.10. The van der Waals surface area contributed by atoms with E-state index in [0.29, 0.717) is 11.8 Å². The van der Waals surface area contributed by atoms with Crippen LogP contribution < -0.4 is 0 Å². The minimum Gasteiger partial charge on any atom is -0.309 e. The Balaban J connectivity index is 1.16. The average molecular weight is 637 g/mol. The maximum atomic E-state index is 4.05. The van der Waals surface area contributed by atoms with Gasteiger partial charge in [0, 0.05) is 38.2 Å². The highest BCUT2D eigenvalue weighted by Crippen LogP contribution is 2.78. The molecule has 3 atom stereocenters. The zero-order chi connectivity index (χ0) is 29.4. The van der Waals surface area contributed by atoms with Crippen molar-refractivity contribution in [3.8, 4) is 16.8 Å². The smallest absolute Gasteiger partial charge is 0.0541 e. The fraction of sp³-hybridized carbons (Fsp3) is 0.0698. The average Bonchev–Trinajstić information content (AvgIpc) is 3.52. The quantitative estimate of drug-likeness (QED) is 0.178. The molecule has 8 aromatic rings. The second-order valence-electron chi connectivity index (χ2n) is 12.9. The number of rotatable bonds is 2. The third-order valence-corrected chi connectivity index (χ3v) is 11.8. The van der Waals surface area contributed by atoms with Crippen LogP contribution in [0.15, 0.2) is 150 Å². The van der Waals surface area contributed by atoms with Crippen LogP contribution in [0.5, 0.6) is 0 Å². The Bertz CT molecular complexity index is 2590. The summed E-state index contributed by atoms with van der Waals surface area (Å²) >= 11 is 4.05. The molecule has 0 saturated carbocycles. The highest BCUT2D eigenvalue weighted by molar-refractivity contribution is 9.10. The fourth-order valence-corrected chi connectivity index (χ4v) is 10.1. The van der Waals surface area contributed by atoms with Crippen LogP contribution in [0.2, 0.25) is 0 Å². The number of nitrogens with zero attached hydrogens (tertiary/aromatic N) is 1. The van der Waals surface area contributed by atoms with Crippen LogP contribution in [-0.2, 0) is 5.41 Å². The lowest BCUT2D eigenvalue weighted by molar-refractivity contribution is 0.332. The Morgan fingerprint density at radius 3 is 2.00 bits per heavy atom. The Morgan fingerprint density at radius 1 is 0.511 bits per heavy atom. The minimum atomic E-state index is 0.0460. The standard InChI is InChI=1S/C43H26BrN/c44-36-21-20-29(39-40(36)42-32-13-4-7-15-35(32)43(42)34-14-6-3-12-31(34)41(39)43)27-18-22-38-33(24-27)30-11-5-8-16-37(30)45(38)28-19-17-25-9-1-2-10-26(25)23-28/h1-24,41-42H. The molecule has 1 aromatic heterocycles. The van der Waals surface area contributed by atoms with Crippen molar-refractivity contribution in [2.24, 2.45) is 0 Å². The van der Waals surface area contributed by atoms with Gasteiger partial charge in [-0.15, -0.1) is 0 Å². The monoisotopic (exact) mass is 635 g/mol. The van der Waals surface area contributed by atoms with E-state index in [-0.39, 0.29) is 5.41 Å². The minimum absolute atomic E-state index is 0.0460. The zero-order valence-corrected chi connectivity index (χ0v) is 25.9. The Morgan fingerprint density at radius 2 is 1.18 bits per heavy atom. The van der Waals surface area contributed by atoms with Crippen molar-refractivity contribution in [1.82, 2.24) is 4.57 Å². The van der Waals surface area contributed by atoms with Crippen LogP contribution in [0.25, 0.3) is 49.4 Å². The topological polar surface area (TPSA) is 4.93 Å². The summed E-state index contributed by atoms with van der Waals surface area (Å²) in [6.45, 7) is 0. The fourth-order valence-electron chi connectivity index (χ4n) is 9.49. The molecule has 3 aliphatic carbocycles. The molecule has 2 heteroatoms. The molecule has 0 amide bonds. The molecule has 0 N–H and O–H groups in total. The van der Waals surface area contributed by atoms with Gasteiger partial charge in [0.2, 0.25) is 0 Å². The number of hydrogen-bond acceptors (Lipinski definition) is 0. The molecule has 0 fully saturated rings. The maximum Gasteiger partial charge on any atom is 0.0541 e. The van der Waals surface area contributed by atoms with Crippen LogP contribution in [0.3, 0.4) is 0 Å². The van der Waals surface area contributed by atoms with Gasteiger partial charge in [0.15, 0.2) is 0 Å². The van der Waals surface area contributed by atoms with Gasteiger partial charge < -0.3 is 4.57 Å². The molecule has 0 saturated heterocycles. The lowest BCUT2D eigenvalue weighted by Gasteiger charge is -2.58. The van der Waals surface area contributed by atoms with Gasteiger partial charge in [-0.05, 0) is 91.7 Å². The van der Waals surface area contributed by atoms with Gasteiger partial charge in [0.25, 0.3) is 0 Å². The summed E-state index contributed by atoms with van der Waals surface area (Å²) in [6, 6.07) is 54.4. The van der Waals surface area contributed by atoms with E-state index in [1.807, 2.05) is 0 Å². The molecule has 11 rings (SSSR count). The first-order valence-electron chi connectivity index (χ1n) is 15.8. The van der Waals surface area contributed by atoms with E-state index in [0.717, 1.165) is 0 Å². The molecule has 7 aromatic carbocycles. The number of benzene rings is 7. The number of halogens is 1. The Kier molecular flexibility index (Phi) is 4.56. The molecule has 3 unspecified atom stereocenters. The van der Waals surface area contributed by atoms with Crippen LogP contribution >= 0.6 is 15.9 Å². The number of hydrogen-bond donors (Lipinski definition) is 0. The summed E-state index contributed by atoms with van der Waals surface area (Å²) in [5.74, 6) is 0.752. The van der Waals surface area contributed by atoms with Crippen molar-refractivity contribution in [2.75, 3.05) is 0 Å². The molecular weight excluding hydrogens is 610 g/mol. The van der Waals surface area contributed by atoms with Crippen LogP contribution in [0.4, 0.5) is 0 Å². The van der Waals surface area contributed by atoms with E-state index in [1.165, 1.54) is 87.2 Å². The van der Waals surface area contributed by atoms with Crippen molar-refractivity contribution in [2.45, 2.75) is 17.3 Å². The summed E-state index contributed by atoms with van der Waals surface area (Å²) < 4.78 is 3.66. The van der Waals surface area contributed by atoms with Crippen LogP contribution in [-0.4, -0.2) is 4.57 Å². The molecule has 1 spiro atoms. The number of fused-ring (bicyclic) bond motifs is 11. The highest BCUT2D eigenvalue weighted by Gasteiger charge is 2.70. The second kappa shape index (κ2) is 8.41. The van der Waals surface area contributed by atoms with E-state index in [1.54, 1.807) is 0 Å². The van der Waals surface area contributed by atoms with E-state index in [4.69, 9.17) is 0 Å². The van der Waals surface area contributed by atoms with Crippen LogP contribution in [0.1, 0.15) is 45.2 Å². The van der Waals surface area contributed by atoms with Crippen molar-refractivity contribution in [3.63, 3.8) is 0 Å². The predicted octanol–water partition coefficient (Wildman–Crippen LogP) is 11.3. The molecule has 1 heterocycles. The predicted molar refractivity (Wildman–Crippen MR) is 189 cm³/mol. The van der Waals surface area contributed by atoms with Gasteiger partial charge in [-0.2, -0.15) is 0 Å². The first kappa shape index (κ1) is 24.4. The molecule has 1 nitrogen and oxygen atoms in total. The van der Waals surface area contributed by atoms with Gasteiger partial charge in [0.05, 0.1) is 11.0 Å². The largest absolute Gasteiger partial charge is 0.309 e. The van der Waals surface area contributed by atoms with Crippen molar-refractivity contribution in [1.29, 1.82) is 0 Å². The summed E-state index contributed by atoms with van der Waals surface area (Å²) in [5.41, 5.74) is 15.4. The van der Waals surface area contributed by atoms with Gasteiger partial charge in [-0.1, -0.05) is 125 Å². The molecule has 0 radical (unpaired) electrons. The lowest BCUT2D eigenvalue weighted by atomic mass is 9.43. The zero-order valence-electron chi connectivity index (χ0n) is 24.3. The van der Waals surface area contributed by atoms with Crippen molar-refractivity contribution >= 4 is 48.5 Å². The third-order valence-electron chi connectivity index (χ3n) is 11.1. The number of aromatic nitrogens is 1. The normalized spacial score (nSPS) is 20.2. The Hall–Kier alpha value is -4.92. The van der Waals surface area contributed by atoms with Gasteiger partial charge in [-0.3, -0.25) is 0 Å². The molecular formula is C43H26BrN. The van der Waals surface area contributed by atoms with Crippen molar-refractivity contribution in [3.05, 3.63) is 183 Å². The molecule has 45 heavy (non-hydrogen) atoms. The summed E-state index contributed by atoms with van der Waals surface area (Å²) in [7, 11) is 0. The first-order valence-corrected chi connectivity index (χ1v) is 16.6. The van der Waals surface area contributed by atoms with Gasteiger partial charge in [0.1, 0.15) is 0 Å². The van der Waals surface area contributed by atoms with Gasteiger partial charge >= 0.3 is 0 Å². The third kappa shape index (κ3) is 2.82. The first-order chi connectivity index (χ1) is 22.2. The summed E-state index contributed by atoms with van der Waals surface area (Å²) in [4.78, 5) is 0. The molecule has 0 bridgehead atoms. The lowest BCUT2D eigenvalue weighted by Crippen LogP contribution is -2.52. The second-order valence-corrected chi connectivity index (χ2v) is 13.8. The number of para-hydroxylation sites is 1. The summed E-state index contributed by atoms with van der Waals surface area (Å²) in [6.07, 6.45) is 0. The Labute approximate surface area is 269 Å². The SMILES string of the molecule is Brc1ccc(-c2ccc3c(c2)c2ccccc2n3-c2ccc3ccccc3c2)c2c1C1c3ccccc3C13c1ccccc1C23. The van der Waals surface area contributed by atoms with Gasteiger partial charge in [-0.25, -0.2) is 0 Å². The van der Waals surface area contributed by atoms with E-state index >= 15 is 0 Å². The molecule has 210 valence electrons.